The average molecular weight is 254 g/mol. The van der Waals surface area contributed by atoms with E-state index >= 15 is 0 Å². The predicted molar refractivity (Wildman–Crippen MR) is 70.0 cm³/mol. The molecular weight excluding hydrogens is 236 g/mol. The molecule has 0 aromatic heterocycles. The van der Waals surface area contributed by atoms with Crippen molar-refractivity contribution in [3.8, 4) is 0 Å². The summed E-state index contributed by atoms with van der Waals surface area (Å²) in [6.45, 7) is 3.30. The van der Waals surface area contributed by atoms with Crippen LogP contribution in [-0.2, 0) is 9.84 Å². The third kappa shape index (κ3) is 2.45. The average Bonchev–Trinajstić information content (AvgIpc) is 2.30. The topological polar surface area (TPSA) is 63.4 Å². The van der Waals surface area contributed by atoms with E-state index in [1.54, 1.807) is 0 Å². The second-order valence-electron chi connectivity index (χ2n) is 4.46. The molecule has 0 radical (unpaired) electrons. The number of aryl methyl sites for hydroxylation is 1. The highest BCUT2D eigenvalue weighted by molar-refractivity contribution is 7.92. The van der Waals surface area contributed by atoms with Gasteiger partial charge in [0.05, 0.1) is 11.0 Å². The van der Waals surface area contributed by atoms with Crippen LogP contribution in [0.2, 0.25) is 0 Å². The van der Waals surface area contributed by atoms with E-state index < -0.39 is 15.1 Å². The molecule has 1 fully saturated rings. The molecular formula is C12H18N2O2S. The van der Waals surface area contributed by atoms with Crippen LogP contribution < -0.4 is 10.6 Å². The number of nitrogens with zero attached hydrogens (tertiary/aromatic N) is 1. The number of sulfone groups is 1. The molecule has 0 aliphatic carbocycles. The Balaban J connectivity index is 2.24. The lowest BCUT2D eigenvalue weighted by molar-refractivity contribution is 0.563. The molecule has 1 aliphatic heterocycles. The van der Waals surface area contributed by atoms with E-state index in [2.05, 4.69) is 4.90 Å². The van der Waals surface area contributed by atoms with E-state index in [1.165, 1.54) is 5.56 Å². The minimum atomic E-state index is -2.99. The molecule has 0 spiro atoms. The van der Waals surface area contributed by atoms with Crippen molar-refractivity contribution in [2.45, 2.75) is 12.2 Å². The van der Waals surface area contributed by atoms with Gasteiger partial charge in [-0.1, -0.05) is 18.2 Å². The van der Waals surface area contributed by atoms with E-state index in [0.29, 0.717) is 13.1 Å². The number of anilines is 1. The maximum Gasteiger partial charge on any atom is 0.157 e. The number of hydrogen-bond acceptors (Lipinski definition) is 4. The summed E-state index contributed by atoms with van der Waals surface area (Å²) in [6.07, 6.45) is 0. The van der Waals surface area contributed by atoms with Crippen molar-refractivity contribution in [3.05, 3.63) is 29.8 Å². The van der Waals surface area contributed by atoms with Crippen molar-refractivity contribution in [2.75, 3.05) is 30.3 Å². The fourth-order valence-corrected chi connectivity index (χ4v) is 3.72. The zero-order chi connectivity index (χ0) is 12.5. The van der Waals surface area contributed by atoms with Gasteiger partial charge in [-0.2, -0.15) is 0 Å². The highest BCUT2D eigenvalue weighted by atomic mass is 32.2. The first-order valence-electron chi connectivity index (χ1n) is 5.77. The number of para-hydroxylation sites is 1. The number of hydrogen-bond donors (Lipinski definition) is 1. The minimum absolute atomic E-state index is 0.198. The summed E-state index contributed by atoms with van der Waals surface area (Å²) in [5.41, 5.74) is 7.83. The van der Waals surface area contributed by atoms with Crippen LogP contribution in [0.3, 0.4) is 0 Å². The summed E-state index contributed by atoms with van der Waals surface area (Å²) in [6, 6.07) is 8.03. The van der Waals surface area contributed by atoms with Gasteiger partial charge >= 0.3 is 0 Å². The number of benzene rings is 1. The third-order valence-corrected chi connectivity index (χ3v) is 5.41. The van der Waals surface area contributed by atoms with Crippen LogP contribution in [0.15, 0.2) is 24.3 Å². The Labute approximate surface area is 102 Å². The predicted octanol–water partition coefficient (Wildman–Crippen LogP) is 0.557. The van der Waals surface area contributed by atoms with Crippen LogP contribution in [0.4, 0.5) is 5.69 Å². The molecule has 0 amide bonds. The van der Waals surface area contributed by atoms with Crippen LogP contribution in [0.1, 0.15) is 5.56 Å². The highest BCUT2D eigenvalue weighted by Crippen LogP contribution is 2.23. The van der Waals surface area contributed by atoms with Crippen LogP contribution in [0, 0.1) is 6.92 Å². The van der Waals surface area contributed by atoms with Gasteiger partial charge in [-0.25, -0.2) is 8.42 Å². The van der Waals surface area contributed by atoms with Gasteiger partial charge in [-0.05, 0) is 18.6 Å². The fourth-order valence-electron chi connectivity index (χ4n) is 2.21. The Bertz CT molecular complexity index is 499. The minimum Gasteiger partial charge on any atom is -0.369 e. The second-order valence-corrected chi connectivity index (χ2v) is 6.86. The summed E-state index contributed by atoms with van der Waals surface area (Å²) < 4.78 is 23.5. The zero-order valence-corrected chi connectivity index (χ0v) is 10.8. The molecule has 17 heavy (non-hydrogen) atoms. The van der Waals surface area contributed by atoms with Crippen LogP contribution in [-0.4, -0.2) is 39.1 Å². The van der Waals surface area contributed by atoms with Gasteiger partial charge < -0.3 is 10.6 Å². The molecule has 2 N–H and O–H groups in total. The standard InChI is InChI=1S/C12H18N2O2S/c1-10-4-2-3-5-12(10)14-6-7-17(15,16)11(8-13)9-14/h2-5,11H,6-9,13H2,1H3. The van der Waals surface area contributed by atoms with Crippen molar-refractivity contribution in [1.82, 2.24) is 0 Å². The third-order valence-electron chi connectivity index (χ3n) is 3.30. The van der Waals surface area contributed by atoms with E-state index in [4.69, 9.17) is 5.73 Å². The van der Waals surface area contributed by atoms with Gasteiger partial charge in [0.25, 0.3) is 0 Å². The van der Waals surface area contributed by atoms with E-state index in [9.17, 15) is 8.42 Å². The van der Waals surface area contributed by atoms with Gasteiger partial charge in [-0.15, -0.1) is 0 Å². The molecule has 0 bridgehead atoms. The normalized spacial score (nSPS) is 23.6. The summed E-state index contributed by atoms with van der Waals surface area (Å²) >= 11 is 0. The number of rotatable bonds is 2. The first-order chi connectivity index (χ1) is 8.04. The van der Waals surface area contributed by atoms with Crippen LogP contribution >= 0.6 is 0 Å². The second kappa shape index (κ2) is 4.66. The van der Waals surface area contributed by atoms with E-state index in [0.717, 1.165) is 5.69 Å². The summed E-state index contributed by atoms with van der Waals surface area (Å²) in [5.74, 6) is 0.198. The molecule has 1 aromatic carbocycles. The quantitative estimate of drug-likeness (QED) is 0.837. The zero-order valence-electron chi connectivity index (χ0n) is 9.96. The maximum atomic E-state index is 11.8. The summed E-state index contributed by atoms with van der Waals surface area (Å²) in [5, 5.41) is -0.434. The van der Waals surface area contributed by atoms with Crippen LogP contribution in [0.5, 0.6) is 0 Å². The van der Waals surface area contributed by atoms with Gasteiger partial charge in [0.2, 0.25) is 0 Å². The number of nitrogens with two attached hydrogens (primary N) is 1. The van der Waals surface area contributed by atoms with E-state index in [1.807, 2.05) is 31.2 Å². The fraction of sp³-hybridized carbons (Fsp3) is 0.500. The Kier molecular flexibility index (Phi) is 3.40. The van der Waals surface area contributed by atoms with Crippen molar-refractivity contribution < 1.29 is 8.42 Å². The SMILES string of the molecule is Cc1ccccc1N1CCS(=O)(=O)C(CN)C1. The Morgan fingerprint density at radius 1 is 1.41 bits per heavy atom. The van der Waals surface area contributed by atoms with Crippen molar-refractivity contribution >= 4 is 15.5 Å². The Morgan fingerprint density at radius 2 is 2.12 bits per heavy atom. The highest BCUT2D eigenvalue weighted by Gasteiger charge is 2.32. The van der Waals surface area contributed by atoms with E-state index in [-0.39, 0.29) is 12.3 Å². The monoisotopic (exact) mass is 254 g/mol. The first kappa shape index (κ1) is 12.4. The van der Waals surface area contributed by atoms with Crippen molar-refractivity contribution in [3.63, 3.8) is 0 Å². The smallest absolute Gasteiger partial charge is 0.157 e. The molecule has 1 heterocycles. The van der Waals surface area contributed by atoms with Crippen molar-refractivity contribution in [2.24, 2.45) is 5.73 Å². The Hall–Kier alpha value is -1.07. The molecule has 94 valence electrons. The first-order valence-corrected chi connectivity index (χ1v) is 7.48. The molecule has 1 aliphatic rings. The molecule has 1 aromatic rings. The Morgan fingerprint density at radius 3 is 2.76 bits per heavy atom. The molecule has 1 saturated heterocycles. The van der Waals surface area contributed by atoms with Crippen molar-refractivity contribution in [1.29, 1.82) is 0 Å². The lowest BCUT2D eigenvalue weighted by atomic mass is 10.1. The molecule has 5 heteroatoms. The van der Waals surface area contributed by atoms with Gasteiger partial charge in [0, 0.05) is 25.3 Å². The van der Waals surface area contributed by atoms with Gasteiger partial charge in [0.1, 0.15) is 0 Å². The molecule has 2 rings (SSSR count). The van der Waals surface area contributed by atoms with Crippen LogP contribution in [0.25, 0.3) is 0 Å². The molecule has 4 nitrogen and oxygen atoms in total. The van der Waals surface area contributed by atoms with Gasteiger partial charge in [-0.3, -0.25) is 0 Å². The largest absolute Gasteiger partial charge is 0.369 e. The van der Waals surface area contributed by atoms with Gasteiger partial charge in [0.15, 0.2) is 9.84 Å². The maximum absolute atomic E-state index is 11.8. The molecule has 1 unspecified atom stereocenters. The summed E-state index contributed by atoms with van der Waals surface area (Å²) in [4.78, 5) is 2.12. The lowest BCUT2D eigenvalue weighted by Crippen LogP contribution is -2.50. The summed E-state index contributed by atoms with van der Waals surface area (Å²) in [7, 11) is -2.99. The molecule has 0 saturated carbocycles. The lowest BCUT2D eigenvalue weighted by Gasteiger charge is -2.34. The molecule has 1 atom stereocenters.